The molecule has 160 valence electrons. The highest BCUT2D eigenvalue weighted by Crippen LogP contribution is 2.23. The summed E-state index contributed by atoms with van der Waals surface area (Å²) in [4.78, 5) is 13.0. The van der Waals surface area contributed by atoms with Gasteiger partial charge in [-0.05, 0) is 48.5 Å². The summed E-state index contributed by atoms with van der Waals surface area (Å²) in [7, 11) is -1.94. The average molecular weight is 446 g/mol. The Balaban J connectivity index is 1.44. The van der Waals surface area contributed by atoms with Crippen molar-refractivity contribution in [1.82, 2.24) is 19.2 Å². The molecule has 2 aromatic heterocycles. The summed E-state index contributed by atoms with van der Waals surface area (Å²) in [6.07, 6.45) is 0. The number of fused-ring (bicyclic) bond motifs is 3. The number of aryl methyl sites for hydroxylation is 1. The normalized spacial score (nSPS) is 11.8. The molecule has 32 heavy (non-hydrogen) atoms. The number of rotatable bonds is 5. The van der Waals surface area contributed by atoms with Gasteiger partial charge in [0.1, 0.15) is 12.4 Å². The summed E-state index contributed by atoms with van der Waals surface area (Å²) < 4.78 is 34.5. The summed E-state index contributed by atoms with van der Waals surface area (Å²) in [6.45, 7) is 0.0914. The van der Waals surface area contributed by atoms with Crippen LogP contribution in [-0.4, -0.2) is 27.6 Å². The fourth-order valence-corrected chi connectivity index (χ4v) is 4.87. The van der Waals surface area contributed by atoms with Crippen molar-refractivity contribution in [2.24, 2.45) is 7.05 Å². The van der Waals surface area contributed by atoms with Crippen molar-refractivity contribution in [2.75, 3.05) is 0 Å². The zero-order chi connectivity index (χ0) is 22.3. The molecule has 0 bridgehead atoms. The Kier molecular flexibility index (Phi) is 4.75. The number of benzene rings is 3. The van der Waals surface area contributed by atoms with Crippen molar-refractivity contribution >= 4 is 26.5 Å². The molecule has 0 aliphatic carbocycles. The van der Waals surface area contributed by atoms with E-state index >= 15 is 0 Å². The van der Waals surface area contributed by atoms with Crippen LogP contribution in [0.2, 0.25) is 0 Å². The molecule has 2 heterocycles. The molecule has 0 amide bonds. The second kappa shape index (κ2) is 7.61. The van der Waals surface area contributed by atoms with Crippen LogP contribution < -0.4 is 10.3 Å². The summed E-state index contributed by atoms with van der Waals surface area (Å²) in [5.74, 6) is 1.42. The van der Waals surface area contributed by atoms with Crippen molar-refractivity contribution in [3.05, 3.63) is 95.0 Å². The molecule has 0 spiro atoms. The maximum atomic E-state index is 12.7. The Morgan fingerprint density at radius 2 is 1.50 bits per heavy atom. The number of hydrogen-bond acceptors (Lipinski definition) is 6. The first kappa shape index (κ1) is 20.0. The van der Waals surface area contributed by atoms with Crippen molar-refractivity contribution in [3.8, 4) is 5.75 Å². The van der Waals surface area contributed by atoms with E-state index in [1.807, 2.05) is 12.1 Å². The lowest BCUT2D eigenvalue weighted by Crippen LogP contribution is -2.20. The molecule has 0 saturated carbocycles. The van der Waals surface area contributed by atoms with Crippen LogP contribution in [0.25, 0.3) is 16.7 Å². The molecule has 8 nitrogen and oxygen atoms in total. The number of para-hydroxylation sites is 1. The molecule has 0 saturated heterocycles. The lowest BCUT2D eigenvalue weighted by atomic mass is 10.2. The Morgan fingerprint density at radius 3 is 2.25 bits per heavy atom. The second-order valence-corrected chi connectivity index (χ2v) is 9.16. The number of nitrogens with zero attached hydrogens (tertiary/aromatic N) is 4. The molecular weight excluding hydrogens is 428 g/mol. The average Bonchev–Trinajstić information content (AvgIpc) is 3.26. The van der Waals surface area contributed by atoms with Crippen LogP contribution in [0.4, 0.5) is 0 Å². The number of aromatic nitrogens is 4. The summed E-state index contributed by atoms with van der Waals surface area (Å²) in [5.41, 5.74) is 0.543. The summed E-state index contributed by atoms with van der Waals surface area (Å²) in [5, 5.41) is 8.88. The van der Waals surface area contributed by atoms with E-state index in [1.165, 1.54) is 16.7 Å². The van der Waals surface area contributed by atoms with E-state index in [1.54, 1.807) is 66.0 Å². The van der Waals surface area contributed by atoms with Gasteiger partial charge in [0.05, 0.1) is 20.7 Å². The van der Waals surface area contributed by atoms with Crippen LogP contribution in [0.15, 0.2) is 93.4 Å². The minimum atomic E-state index is -3.59. The van der Waals surface area contributed by atoms with Gasteiger partial charge in [-0.1, -0.05) is 30.3 Å². The Hall–Kier alpha value is -3.98. The minimum Gasteiger partial charge on any atom is -0.486 e. The van der Waals surface area contributed by atoms with Gasteiger partial charge in [-0.2, -0.15) is 0 Å². The number of sulfone groups is 1. The maximum Gasteiger partial charge on any atom is 0.262 e. The molecule has 0 fully saturated rings. The van der Waals surface area contributed by atoms with Crippen molar-refractivity contribution < 1.29 is 13.2 Å². The minimum absolute atomic E-state index is 0.0914. The first-order valence-electron chi connectivity index (χ1n) is 9.81. The lowest BCUT2D eigenvalue weighted by molar-refractivity contribution is 0.294. The summed E-state index contributed by atoms with van der Waals surface area (Å²) >= 11 is 0. The molecular formula is C23H18N4O4S. The maximum absolute atomic E-state index is 12.7. The van der Waals surface area contributed by atoms with E-state index in [4.69, 9.17) is 4.74 Å². The van der Waals surface area contributed by atoms with Gasteiger partial charge >= 0.3 is 0 Å². The Labute approximate surface area is 183 Å². The number of ether oxygens (including phenoxy) is 1. The SMILES string of the molecule is Cn1c(=O)c2ccccc2n2c(COc3ccc(S(=O)(=O)c4ccccc4)cc3)nnc12. The largest absolute Gasteiger partial charge is 0.486 e. The predicted molar refractivity (Wildman–Crippen MR) is 118 cm³/mol. The van der Waals surface area contributed by atoms with E-state index < -0.39 is 9.84 Å². The van der Waals surface area contributed by atoms with Gasteiger partial charge in [0.15, 0.2) is 5.82 Å². The zero-order valence-corrected chi connectivity index (χ0v) is 17.9. The monoisotopic (exact) mass is 446 g/mol. The third kappa shape index (κ3) is 3.23. The fraction of sp³-hybridized carbons (Fsp3) is 0.0870. The zero-order valence-electron chi connectivity index (χ0n) is 17.0. The van der Waals surface area contributed by atoms with E-state index in [9.17, 15) is 13.2 Å². The third-order valence-corrected chi connectivity index (χ3v) is 7.03. The van der Waals surface area contributed by atoms with E-state index in [0.29, 0.717) is 28.3 Å². The molecule has 0 radical (unpaired) electrons. The molecule has 0 aliphatic heterocycles. The first-order chi connectivity index (χ1) is 15.5. The van der Waals surface area contributed by atoms with Gasteiger partial charge in [-0.25, -0.2) is 8.42 Å². The molecule has 0 unspecified atom stereocenters. The molecule has 5 rings (SSSR count). The van der Waals surface area contributed by atoms with Gasteiger partial charge in [-0.15, -0.1) is 10.2 Å². The van der Waals surface area contributed by atoms with Crippen molar-refractivity contribution in [1.29, 1.82) is 0 Å². The Morgan fingerprint density at radius 1 is 0.844 bits per heavy atom. The van der Waals surface area contributed by atoms with Crippen molar-refractivity contribution in [3.63, 3.8) is 0 Å². The summed E-state index contributed by atoms with van der Waals surface area (Å²) in [6, 6.07) is 21.7. The van der Waals surface area contributed by atoms with E-state index in [-0.39, 0.29) is 22.0 Å². The topological polar surface area (TPSA) is 95.6 Å². The van der Waals surface area contributed by atoms with Crippen LogP contribution in [-0.2, 0) is 23.5 Å². The van der Waals surface area contributed by atoms with E-state index in [0.717, 1.165) is 0 Å². The molecule has 9 heteroatoms. The van der Waals surface area contributed by atoms with Crippen LogP contribution >= 0.6 is 0 Å². The molecule has 0 N–H and O–H groups in total. The Bertz CT molecular complexity index is 1610. The predicted octanol–water partition coefficient (Wildman–Crippen LogP) is 2.99. The van der Waals surface area contributed by atoms with Gasteiger partial charge < -0.3 is 4.74 Å². The number of hydrogen-bond donors (Lipinski definition) is 0. The van der Waals surface area contributed by atoms with Gasteiger partial charge in [-0.3, -0.25) is 13.8 Å². The fourth-order valence-electron chi connectivity index (χ4n) is 3.58. The van der Waals surface area contributed by atoms with Crippen LogP contribution in [0.3, 0.4) is 0 Å². The molecule has 0 aliphatic rings. The quantitative estimate of drug-likeness (QED) is 0.412. The highest BCUT2D eigenvalue weighted by atomic mass is 32.2. The highest BCUT2D eigenvalue weighted by Gasteiger charge is 2.18. The van der Waals surface area contributed by atoms with Crippen LogP contribution in [0.5, 0.6) is 5.75 Å². The second-order valence-electron chi connectivity index (χ2n) is 7.21. The molecule has 3 aromatic carbocycles. The standard InChI is InChI=1S/C23H18N4O4S/c1-26-22(28)19-9-5-6-10-20(19)27-21(24-25-23(26)27)15-31-16-11-13-18(14-12-16)32(29,30)17-7-3-2-4-8-17/h2-14H,15H2,1H3. The van der Waals surface area contributed by atoms with E-state index in [2.05, 4.69) is 10.2 Å². The van der Waals surface area contributed by atoms with Crippen molar-refractivity contribution in [2.45, 2.75) is 16.4 Å². The molecule has 5 aromatic rings. The van der Waals surface area contributed by atoms with Gasteiger partial charge in [0.2, 0.25) is 15.6 Å². The lowest BCUT2D eigenvalue weighted by Gasteiger charge is -2.09. The highest BCUT2D eigenvalue weighted by molar-refractivity contribution is 7.91. The molecule has 0 atom stereocenters. The smallest absolute Gasteiger partial charge is 0.262 e. The van der Waals surface area contributed by atoms with Gasteiger partial charge in [0.25, 0.3) is 5.56 Å². The van der Waals surface area contributed by atoms with Crippen LogP contribution in [0, 0.1) is 0 Å². The van der Waals surface area contributed by atoms with Gasteiger partial charge in [0, 0.05) is 7.05 Å². The third-order valence-electron chi connectivity index (χ3n) is 5.25. The van der Waals surface area contributed by atoms with Crippen LogP contribution in [0.1, 0.15) is 5.82 Å². The first-order valence-corrected chi connectivity index (χ1v) is 11.3.